The first kappa shape index (κ1) is 15.5. The van der Waals surface area contributed by atoms with Crippen LogP contribution in [0.4, 0.5) is 0 Å². The van der Waals surface area contributed by atoms with Gasteiger partial charge in [0.1, 0.15) is 18.1 Å². The van der Waals surface area contributed by atoms with E-state index in [0.29, 0.717) is 29.9 Å². The summed E-state index contributed by atoms with van der Waals surface area (Å²) in [4.78, 5) is 6.09. The lowest BCUT2D eigenvalue weighted by atomic mass is 10.2. The maximum absolute atomic E-state index is 5.59. The lowest BCUT2D eigenvalue weighted by Crippen LogP contribution is -2.24. The number of nitrogens with zero attached hydrogens (tertiary/aromatic N) is 2. The Morgan fingerprint density at radius 1 is 1.19 bits per heavy atom. The van der Waals surface area contributed by atoms with E-state index in [4.69, 9.17) is 26.4 Å². The largest absolute Gasteiger partial charge is 0.490 e. The van der Waals surface area contributed by atoms with Crippen molar-refractivity contribution in [3.05, 3.63) is 30.5 Å². The van der Waals surface area contributed by atoms with E-state index in [1.165, 1.54) is 0 Å². The third-order valence-electron chi connectivity index (χ3n) is 2.75. The van der Waals surface area contributed by atoms with Gasteiger partial charge in [-0.25, -0.2) is 0 Å². The van der Waals surface area contributed by atoms with E-state index in [0.717, 1.165) is 10.9 Å². The van der Waals surface area contributed by atoms with Gasteiger partial charge in [-0.05, 0) is 36.5 Å². The van der Waals surface area contributed by atoms with E-state index in [2.05, 4.69) is 4.98 Å². The lowest BCUT2D eigenvalue weighted by Gasteiger charge is -2.14. The second-order valence-corrected chi connectivity index (χ2v) is 4.98. The fourth-order valence-corrected chi connectivity index (χ4v) is 1.76. The Bertz CT molecular complexity index is 631. The van der Waals surface area contributed by atoms with Crippen molar-refractivity contribution in [2.24, 2.45) is 0 Å². The Labute approximate surface area is 129 Å². The molecule has 2 aromatic rings. The summed E-state index contributed by atoms with van der Waals surface area (Å²) in [7, 11) is 5.32. The van der Waals surface area contributed by atoms with Crippen LogP contribution >= 0.6 is 12.2 Å². The first-order valence-electron chi connectivity index (χ1n) is 6.51. The van der Waals surface area contributed by atoms with Crippen LogP contribution in [0.25, 0.3) is 10.9 Å². The summed E-state index contributed by atoms with van der Waals surface area (Å²) < 4.78 is 16.1. The summed E-state index contributed by atoms with van der Waals surface area (Å²) >= 11 is 5.13. The Hall–Kier alpha value is -1.92. The van der Waals surface area contributed by atoms with Gasteiger partial charge in [0, 0.05) is 26.6 Å². The van der Waals surface area contributed by atoms with Crippen molar-refractivity contribution in [2.45, 2.75) is 0 Å². The van der Waals surface area contributed by atoms with Crippen LogP contribution in [-0.2, 0) is 4.74 Å². The molecule has 0 aliphatic carbocycles. The highest BCUT2D eigenvalue weighted by molar-refractivity contribution is 7.80. The van der Waals surface area contributed by atoms with Gasteiger partial charge in [-0.1, -0.05) is 0 Å². The quantitative estimate of drug-likeness (QED) is 0.624. The van der Waals surface area contributed by atoms with Gasteiger partial charge >= 0.3 is 0 Å². The van der Waals surface area contributed by atoms with Crippen LogP contribution in [0, 0.1) is 0 Å². The standard InChI is InChI=1S/C15H18N2O3S/c1-17(2)15(21)20-12-4-5-14-11(8-12)9-13(10-16-14)19-7-6-18-3/h4-5,8-10H,6-7H2,1-3H3. The molecule has 1 aromatic heterocycles. The SMILES string of the molecule is COCCOc1cnc2ccc(OC(=S)N(C)C)cc2c1. The predicted molar refractivity (Wildman–Crippen MR) is 86.0 cm³/mol. The highest BCUT2D eigenvalue weighted by atomic mass is 32.1. The molecule has 0 atom stereocenters. The van der Waals surface area contributed by atoms with Gasteiger partial charge in [0.05, 0.1) is 18.3 Å². The van der Waals surface area contributed by atoms with Crippen LogP contribution < -0.4 is 9.47 Å². The number of hydrogen-bond acceptors (Lipinski definition) is 5. The molecule has 0 amide bonds. The Morgan fingerprint density at radius 2 is 1.95 bits per heavy atom. The number of pyridine rings is 1. The molecule has 0 unspecified atom stereocenters. The number of methoxy groups -OCH3 is 1. The van der Waals surface area contributed by atoms with Gasteiger partial charge in [0.25, 0.3) is 5.17 Å². The predicted octanol–water partition coefficient (Wildman–Crippen LogP) is 2.49. The molecule has 2 rings (SSSR count). The van der Waals surface area contributed by atoms with E-state index in [-0.39, 0.29) is 0 Å². The maximum Gasteiger partial charge on any atom is 0.264 e. The zero-order valence-electron chi connectivity index (χ0n) is 12.3. The Morgan fingerprint density at radius 3 is 2.67 bits per heavy atom. The Kier molecular flexibility index (Phi) is 5.30. The van der Waals surface area contributed by atoms with Crippen molar-refractivity contribution < 1.29 is 14.2 Å². The van der Waals surface area contributed by atoms with Crippen LogP contribution in [0.15, 0.2) is 30.5 Å². The topological polar surface area (TPSA) is 43.8 Å². The summed E-state index contributed by atoms with van der Waals surface area (Å²) in [6.07, 6.45) is 1.70. The molecule has 0 aliphatic rings. The molecule has 1 aromatic carbocycles. The van der Waals surface area contributed by atoms with Crippen LogP contribution in [0.2, 0.25) is 0 Å². The number of fused-ring (bicyclic) bond motifs is 1. The van der Waals surface area contributed by atoms with Gasteiger partial charge in [-0.3, -0.25) is 4.98 Å². The van der Waals surface area contributed by atoms with E-state index < -0.39 is 0 Å². The minimum Gasteiger partial charge on any atom is -0.490 e. The third-order valence-corrected chi connectivity index (χ3v) is 3.20. The monoisotopic (exact) mass is 306 g/mol. The highest BCUT2D eigenvalue weighted by Gasteiger charge is 2.05. The molecule has 21 heavy (non-hydrogen) atoms. The number of hydrogen-bond donors (Lipinski definition) is 0. The van der Waals surface area contributed by atoms with Crippen molar-refractivity contribution in [1.82, 2.24) is 9.88 Å². The van der Waals surface area contributed by atoms with Crippen LogP contribution in [0.1, 0.15) is 0 Å². The molecule has 6 heteroatoms. The summed E-state index contributed by atoms with van der Waals surface area (Å²) in [5, 5.41) is 1.35. The zero-order chi connectivity index (χ0) is 15.2. The van der Waals surface area contributed by atoms with Crippen LogP contribution in [0.3, 0.4) is 0 Å². The molecule has 0 N–H and O–H groups in total. The zero-order valence-corrected chi connectivity index (χ0v) is 13.1. The number of rotatable bonds is 5. The molecular weight excluding hydrogens is 288 g/mol. The molecule has 0 saturated heterocycles. The van der Waals surface area contributed by atoms with Crippen molar-refractivity contribution in [1.29, 1.82) is 0 Å². The molecule has 0 saturated carbocycles. The van der Waals surface area contributed by atoms with Gasteiger partial charge in [-0.15, -0.1) is 0 Å². The lowest BCUT2D eigenvalue weighted by molar-refractivity contribution is 0.146. The average molecular weight is 306 g/mol. The van der Waals surface area contributed by atoms with E-state index in [1.54, 1.807) is 18.2 Å². The second kappa shape index (κ2) is 7.19. The van der Waals surface area contributed by atoms with E-state index >= 15 is 0 Å². The molecule has 112 valence electrons. The summed E-state index contributed by atoms with van der Waals surface area (Å²) in [5.41, 5.74) is 0.872. The van der Waals surface area contributed by atoms with Gasteiger partial charge in [0.15, 0.2) is 0 Å². The number of ether oxygens (including phenoxy) is 3. The van der Waals surface area contributed by atoms with Gasteiger partial charge in [-0.2, -0.15) is 0 Å². The molecule has 0 spiro atoms. The molecular formula is C15H18N2O3S. The summed E-state index contributed by atoms with van der Waals surface area (Å²) in [5.74, 6) is 1.38. The third kappa shape index (κ3) is 4.27. The average Bonchev–Trinajstić information content (AvgIpc) is 2.47. The normalized spacial score (nSPS) is 10.4. The van der Waals surface area contributed by atoms with Gasteiger partial charge in [0.2, 0.25) is 0 Å². The van der Waals surface area contributed by atoms with Crippen LogP contribution in [0.5, 0.6) is 11.5 Å². The fraction of sp³-hybridized carbons (Fsp3) is 0.333. The van der Waals surface area contributed by atoms with Gasteiger partial charge < -0.3 is 19.1 Å². The summed E-state index contributed by atoms with van der Waals surface area (Å²) in [6, 6.07) is 7.54. The smallest absolute Gasteiger partial charge is 0.264 e. The summed E-state index contributed by atoms with van der Waals surface area (Å²) in [6.45, 7) is 1.03. The Balaban J connectivity index is 2.17. The minimum atomic E-state index is 0.412. The van der Waals surface area contributed by atoms with Crippen molar-refractivity contribution in [3.8, 4) is 11.5 Å². The second-order valence-electron chi connectivity index (χ2n) is 4.63. The number of thiocarbonyl (C=S) groups is 1. The molecule has 1 heterocycles. The van der Waals surface area contributed by atoms with Crippen LogP contribution in [-0.4, -0.2) is 49.5 Å². The van der Waals surface area contributed by atoms with E-state index in [9.17, 15) is 0 Å². The molecule has 0 bridgehead atoms. The molecule has 0 fully saturated rings. The maximum atomic E-state index is 5.59. The molecule has 0 aliphatic heterocycles. The number of benzene rings is 1. The highest BCUT2D eigenvalue weighted by Crippen LogP contribution is 2.23. The van der Waals surface area contributed by atoms with Crippen molar-refractivity contribution in [2.75, 3.05) is 34.4 Å². The number of aromatic nitrogens is 1. The first-order valence-corrected chi connectivity index (χ1v) is 6.91. The minimum absolute atomic E-state index is 0.412. The van der Waals surface area contributed by atoms with Crippen molar-refractivity contribution in [3.63, 3.8) is 0 Å². The van der Waals surface area contributed by atoms with E-state index in [1.807, 2.05) is 38.4 Å². The molecule has 0 radical (unpaired) electrons. The fourth-order valence-electron chi connectivity index (χ4n) is 1.67. The molecule has 5 nitrogen and oxygen atoms in total. The first-order chi connectivity index (χ1) is 10.1. The van der Waals surface area contributed by atoms with Crippen molar-refractivity contribution >= 4 is 28.3 Å².